The first-order chi connectivity index (χ1) is 8.06. The maximum atomic E-state index is 11.7. The summed E-state index contributed by atoms with van der Waals surface area (Å²) in [5.41, 5.74) is 0.314. The van der Waals surface area contributed by atoms with Crippen LogP contribution in [0.1, 0.15) is 17.3 Å². The summed E-state index contributed by atoms with van der Waals surface area (Å²) < 4.78 is 0. The average Bonchev–Trinajstić information content (AvgIpc) is 2.35. The number of hydrogen-bond donors (Lipinski definition) is 1. The lowest BCUT2D eigenvalue weighted by Gasteiger charge is -2.14. The minimum Gasteiger partial charge on any atom is -0.345 e. The van der Waals surface area contributed by atoms with E-state index in [1.54, 1.807) is 7.05 Å². The van der Waals surface area contributed by atoms with Crippen molar-refractivity contribution in [2.45, 2.75) is 6.92 Å². The van der Waals surface area contributed by atoms with Gasteiger partial charge in [-0.15, -0.1) is 0 Å². The van der Waals surface area contributed by atoms with Gasteiger partial charge in [0.25, 0.3) is 5.91 Å². The molecule has 1 aromatic rings. The fraction of sp³-hybridized carbons (Fsp3) is 0.364. The van der Waals surface area contributed by atoms with Crippen molar-refractivity contribution in [2.75, 3.05) is 20.1 Å². The second-order valence-corrected chi connectivity index (χ2v) is 3.85. The fourth-order valence-corrected chi connectivity index (χ4v) is 1.33. The van der Waals surface area contributed by atoms with Gasteiger partial charge in [0.05, 0.1) is 17.1 Å². The van der Waals surface area contributed by atoms with E-state index in [2.05, 4.69) is 10.3 Å². The highest BCUT2D eigenvalue weighted by molar-refractivity contribution is 6.33. The third-order valence-electron chi connectivity index (χ3n) is 2.32. The Bertz CT molecular complexity index is 423. The van der Waals surface area contributed by atoms with Crippen molar-refractivity contribution in [2.24, 2.45) is 0 Å². The lowest BCUT2D eigenvalue weighted by atomic mass is 10.2. The van der Waals surface area contributed by atoms with E-state index >= 15 is 0 Å². The van der Waals surface area contributed by atoms with Crippen molar-refractivity contribution in [1.82, 2.24) is 15.2 Å². The molecule has 1 aromatic heterocycles. The van der Waals surface area contributed by atoms with E-state index in [-0.39, 0.29) is 23.4 Å². The van der Waals surface area contributed by atoms with Gasteiger partial charge in [0.15, 0.2) is 0 Å². The molecule has 0 fully saturated rings. The molecule has 0 aliphatic heterocycles. The molecule has 1 N–H and O–H groups in total. The number of carbonyl (C=O) groups is 2. The van der Waals surface area contributed by atoms with Gasteiger partial charge in [0.1, 0.15) is 0 Å². The molecule has 0 unspecified atom stereocenters. The van der Waals surface area contributed by atoms with Crippen LogP contribution in [0.15, 0.2) is 18.5 Å². The number of rotatable bonds is 4. The number of nitrogens with zero attached hydrogens (tertiary/aromatic N) is 2. The first-order valence-electron chi connectivity index (χ1n) is 5.18. The van der Waals surface area contributed by atoms with Crippen LogP contribution >= 0.6 is 11.6 Å². The van der Waals surface area contributed by atoms with E-state index < -0.39 is 0 Å². The Kier molecular flexibility index (Phi) is 4.90. The van der Waals surface area contributed by atoms with Crippen molar-refractivity contribution >= 4 is 23.4 Å². The van der Waals surface area contributed by atoms with Crippen molar-refractivity contribution in [3.8, 4) is 0 Å². The molecule has 2 amide bonds. The molecule has 17 heavy (non-hydrogen) atoms. The second kappa shape index (κ2) is 6.20. The third kappa shape index (κ3) is 3.71. The van der Waals surface area contributed by atoms with Crippen LogP contribution in [0, 0.1) is 0 Å². The molecule has 0 aliphatic carbocycles. The normalized spacial score (nSPS) is 9.82. The summed E-state index contributed by atoms with van der Waals surface area (Å²) in [6.45, 7) is 2.42. The second-order valence-electron chi connectivity index (χ2n) is 3.45. The van der Waals surface area contributed by atoms with Gasteiger partial charge in [-0.05, 0) is 13.0 Å². The zero-order valence-corrected chi connectivity index (χ0v) is 10.5. The van der Waals surface area contributed by atoms with Crippen molar-refractivity contribution in [1.29, 1.82) is 0 Å². The Labute approximate surface area is 105 Å². The van der Waals surface area contributed by atoms with Gasteiger partial charge in [-0.25, -0.2) is 0 Å². The number of halogens is 1. The molecule has 92 valence electrons. The molecule has 0 saturated heterocycles. The number of likely N-dealkylation sites (N-methyl/N-ethyl adjacent to an activating group) is 1. The van der Waals surface area contributed by atoms with Crippen LogP contribution in [0.3, 0.4) is 0 Å². The number of hydrogen-bond acceptors (Lipinski definition) is 3. The van der Waals surface area contributed by atoms with Crippen LogP contribution in [0.25, 0.3) is 0 Å². The summed E-state index contributed by atoms with van der Waals surface area (Å²) in [6.07, 6.45) is 2.86. The number of carbonyl (C=O) groups excluding carboxylic acids is 2. The Balaban J connectivity index is 2.57. The molecular formula is C11H14ClN3O2. The minimum atomic E-state index is -0.379. The molecule has 0 atom stereocenters. The Hall–Kier alpha value is -1.62. The van der Waals surface area contributed by atoms with Gasteiger partial charge in [0.2, 0.25) is 5.91 Å². The Morgan fingerprint density at radius 3 is 2.82 bits per heavy atom. The molecule has 0 radical (unpaired) electrons. The third-order valence-corrected chi connectivity index (χ3v) is 2.62. The fourth-order valence-electron chi connectivity index (χ4n) is 1.12. The van der Waals surface area contributed by atoms with E-state index in [1.165, 1.54) is 23.4 Å². The van der Waals surface area contributed by atoms with Crippen LogP contribution in [0.5, 0.6) is 0 Å². The monoisotopic (exact) mass is 255 g/mol. The van der Waals surface area contributed by atoms with Crippen LogP contribution in [-0.4, -0.2) is 41.8 Å². The van der Waals surface area contributed by atoms with E-state index in [1.807, 2.05) is 6.92 Å². The lowest BCUT2D eigenvalue weighted by Crippen LogP contribution is -2.38. The first-order valence-corrected chi connectivity index (χ1v) is 5.55. The zero-order valence-electron chi connectivity index (χ0n) is 9.74. The van der Waals surface area contributed by atoms with Gasteiger partial charge in [-0.1, -0.05) is 11.6 Å². The van der Waals surface area contributed by atoms with Crippen molar-refractivity contribution < 1.29 is 9.59 Å². The number of nitrogens with one attached hydrogen (secondary N) is 1. The molecule has 1 heterocycles. The first kappa shape index (κ1) is 13.4. The molecular weight excluding hydrogens is 242 g/mol. The number of amides is 2. The van der Waals surface area contributed by atoms with E-state index in [0.717, 1.165) is 0 Å². The van der Waals surface area contributed by atoms with E-state index in [4.69, 9.17) is 11.6 Å². The highest BCUT2D eigenvalue weighted by Crippen LogP contribution is 2.12. The summed E-state index contributed by atoms with van der Waals surface area (Å²) in [7, 11) is 1.67. The van der Waals surface area contributed by atoms with Gasteiger partial charge in [-0.2, -0.15) is 0 Å². The average molecular weight is 256 g/mol. The van der Waals surface area contributed by atoms with Gasteiger partial charge < -0.3 is 10.2 Å². The summed E-state index contributed by atoms with van der Waals surface area (Å²) in [5.74, 6) is -0.527. The molecule has 6 heteroatoms. The standard InChI is InChI=1S/C11H14ClN3O2/c1-3-15(2)10(16)7-14-11(17)8-4-5-13-6-9(8)12/h4-6H,3,7H2,1-2H3,(H,14,17). The van der Waals surface area contributed by atoms with Crippen LogP contribution < -0.4 is 5.32 Å². The molecule has 0 aromatic carbocycles. The van der Waals surface area contributed by atoms with Gasteiger partial charge in [-0.3, -0.25) is 14.6 Å². The molecule has 0 bridgehead atoms. The van der Waals surface area contributed by atoms with Crippen LogP contribution in [0.4, 0.5) is 0 Å². The topological polar surface area (TPSA) is 62.3 Å². The summed E-state index contributed by atoms with van der Waals surface area (Å²) in [4.78, 5) is 28.4. The zero-order chi connectivity index (χ0) is 12.8. The number of aromatic nitrogens is 1. The molecule has 0 aliphatic rings. The highest BCUT2D eigenvalue weighted by Gasteiger charge is 2.12. The van der Waals surface area contributed by atoms with Crippen LogP contribution in [0.2, 0.25) is 5.02 Å². The van der Waals surface area contributed by atoms with Gasteiger partial charge >= 0.3 is 0 Å². The number of pyridine rings is 1. The van der Waals surface area contributed by atoms with Crippen molar-refractivity contribution in [3.63, 3.8) is 0 Å². The molecule has 1 rings (SSSR count). The predicted octanol–water partition coefficient (Wildman–Crippen LogP) is 0.943. The smallest absolute Gasteiger partial charge is 0.253 e. The van der Waals surface area contributed by atoms with E-state index in [0.29, 0.717) is 12.1 Å². The minimum absolute atomic E-state index is 0.0399. The molecule has 5 nitrogen and oxygen atoms in total. The molecule has 0 saturated carbocycles. The summed E-state index contributed by atoms with van der Waals surface area (Å²) in [5, 5.41) is 2.78. The highest BCUT2D eigenvalue weighted by atomic mass is 35.5. The summed E-state index contributed by atoms with van der Waals surface area (Å²) >= 11 is 5.81. The van der Waals surface area contributed by atoms with E-state index in [9.17, 15) is 9.59 Å². The largest absolute Gasteiger partial charge is 0.345 e. The van der Waals surface area contributed by atoms with Crippen molar-refractivity contribution in [3.05, 3.63) is 29.0 Å². The van der Waals surface area contributed by atoms with Gasteiger partial charge in [0, 0.05) is 26.0 Å². The SMILES string of the molecule is CCN(C)C(=O)CNC(=O)c1ccncc1Cl. The predicted molar refractivity (Wildman–Crippen MR) is 64.9 cm³/mol. The quantitative estimate of drug-likeness (QED) is 0.871. The molecule has 0 spiro atoms. The lowest BCUT2D eigenvalue weighted by molar-refractivity contribution is -0.128. The Morgan fingerprint density at radius 2 is 2.24 bits per heavy atom. The maximum Gasteiger partial charge on any atom is 0.253 e. The summed E-state index contributed by atoms with van der Waals surface area (Å²) in [6, 6.07) is 1.51. The maximum absolute atomic E-state index is 11.7. The Morgan fingerprint density at radius 1 is 1.53 bits per heavy atom. The van der Waals surface area contributed by atoms with Crippen LogP contribution in [-0.2, 0) is 4.79 Å².